The average Bonchev–Trinajstić information content (AvgIpc) is 2.86. The number of guanidine groups is 1. The zero-order valence-corrected chi connectivity index (χ0v) is 17.6. The van der Waals surface area contributed by atoms with E-state index in [0.717, 1.165) is 49.7 Å². The maximum atomic E-state index is 6.07. The summed E-state index contributed by atoms with van der Waals surface area (Å²) in [4.78, 5) is 4.55. The molecule has 0 atom stereocenters. The van der Waals surface area contributed by atoms with E-state index in [9.17, 15) is 0 Å². The number of fused-ring (bicyclic) bond motifs is 1. The summed E-state index contributed by atoms with van der Waals surface area (Å²) in [6.45, 7) is 3.64. The molecule has 0 aromatic heterocycles. The molecule has 2 heterocycles. The van der Waals surface area contributed by atoms with Gasteiger partial charge in [0, 0.05) is 36.1 Å². The van der Waals surface area contributed by atoms with Crippen molar-refractivity contribution in [3.63, 3.8) is 0 Å². The SMILES string of the molecule is CSC1(CN=C(N)Nc2ccc3c(c2)OCCCO3)CCOCC1.I. The molecule has 0 bridgehead atoms. The van der Waals surface area contributed by atoms with Crippen LogP contribution in [0.15, 0.2) is 23.2 Å². The van der Waals surface area contributed by atoms with Crippen molar-refractivity contribution in [2.75, 3.05) is 44.5 Å². The Balaban J connectivity index is 0.00000225. The van der Waals surface area contributed by atoms with Crippen LogP contribution in [0.4, 0.5) is 5.69 Å². The smallest absolute Gasteiger partial charge is 0.193 e. The van der Waals surface area contributed by atoms with Gasteiger partial charge in [-0.1, -0.05) is 0 Å². The van der Waals surface area contributed by atoms with Crippen LogP contribution in [0.2, 0.25) is 0 Å². The largest absolute Gasteiger partial charge is 0.490 e. The van der Waals surface area contributed by atoms with E-state index in [1.165, 1.54) is 0 Å². The fourth-order valence-electron chi connectivity index (χ4n) is 2.83. The Morgan fingerprint density at radius 1 is 1.20 bits per heavy atom. The molecule has 8 heteroatoms. The molecule has 25 heavy (non-hydrogen) atoms. The Bertz CT molecular complexity index is 595. The van der Waals surface area contributed by atoms with Gasteiger partial charge < -0.3 is 25.3 Å². The number of nitrogens with zero attached hydrogens (tertiary/aromatic N) is 1. The summed E-state index contributed by atoms with van der Waals surface area (Å²) in [6.07, 6.45) is 5.04. The number of nitrogens with one attached hydrogen (secondary N) is 1. The predicted octanol–water partition coefficient (Wildman–Crippen LogP) is 3.10. The maximum absolute atomic E-state index is 6.07. The molecule has 140 valence electrons. The Hall–Kier alpha value is -0.870. The summed E-state index contributed by atoms with van der Waals surface area (Å²) in [6, 6.07) is 5.73. The van der Waals surface area contributed by atoms with E-state index < -0.39 is 0 Å². The third-order valence-corrected chi connectivity index (χ3v) is 5.80. The molecule has 0 saturated carbocycles. The van der Waals surface area contributed by atoms with E-state index in [2.05, 4.69) is 16.6 Å². The highest BCUT2D eigenvalue weighted by Crippen LogP contribution is 2.34. The number of thioether (sulfide) groups is 1. The van der Waals surface area contributed by atoms with Gasteiger partial charge in [0.05, 0.1) is 19.8 Å². The molecule has 0 spiro atoms. The monoisotopic (exact) mass is 479 g/mol. The minimum Gasteiger partial charge on any atom is -0.490 e. The number of aliphatic imine (C=N–C) groups is 1. The number of anilines is 1. The molecule has 0 unspecified atom stereocenters. The molecular weight excluding hydrogens is 453 g/mol. The molecule has 3 rings (SSSR count). The van der Waals surface area contributed by atoms with E-state index >= 15 is 0 Å². The number of nitrogens with two attached hydrogens (primary N) is 1. The van der Waals surface area contributed by atoms with Gasteiger partial charge in [-0.2, -0.15) is 11.8 Å². The van der Waals surface area contributed by atoms with Crippen LogP contribution in [0, 0.1) is 0 Å². The van der Waals surface area contributed by atoms with Crippen LogP contribution in [0.25, 0.3) is 0 Å². The van der Waals surface area contributed by atoms with Crippen molar-refractivity contribution in [1.82, 2.24) is 0 Å². The molecule has 1 aromatic rings. The van der Waals surface area contributed by atoms with Gasteiger partial charge in [0.15, 0.2) is 17.5 Å². The van der Waals surface area contributed by atoms with E-state index in [-0.39, 0.29) is 28.7 Å². The summed E-state index contributed by atoms with van der Waals surface area (Å²) >= 11 is 1.86. The Morgan fingerprint density at radius 3 is 2.64 bits per heavy atom. The first-order chi connectivity index (χ1) is 11.7. The third-order valence-electron chi connectivity index (χ3n) is 4.39. The number of halogens is 1. The van der Waals surface area contributed by atoms with Crippen LogP contribution in [-0.4, -0.2) is 49.9 Å². The van der Waals surface area contributed by atoms with E-state index in [4.69, 9.17) is 19.9 Å². The average molecular weight is 479 g/mol. The molecule has 2 aliphatic heterocycles. The normalized spacial score (nSPS) is 19.5. The second-order valence-electron chi connectivity index (χ2n) is 6.04. The van der Waals surface area contributed by atoms with Crippen LogP contribution in [0.3, 0.4) is 0 Å². The summed E-state index contributed by atoms with van der Waals surface area (Å²) in [5.41, 5.74) is 6.92. The highest BCUT2D eigenvalue weighted by molar-refractivity contribution is 14.0. The van der Waals surface area contributed by atoms with Crippen LogP contribution in [-0.2, 0) is 4.74 Å². The first kappa shape index (κ1) is 20.4. The molecular formula is C17H26IN3O3S. The first-order valence-corrected chi connectivity index (χ1v) is 9.53. The lowest BCUT2D eigenvalue weighted by Crippen LogP contribution is -2.37. The van der Waals surface area contributed by atoms with Crippen molar-refractivity contribution in [2.45, 2.75) is 24.0 Å². The highest BCUT2D eigenvalue weighted by Gasteiger charge is 2.31. The van der Waals surface area contributed by atoms with Gasteiger partial charge in [-0.15, -0.1) is 24.0 Å². The molecule has 0 radical (unpaired) electrons. The Kier molecular flexibility index (Phi) is 7.95. The van der Waals surface area contributed by atoms with Gasteiger partial charge in [-0.25, -0.2) is 0 Å². The molecule has 1 fully saturated rings. The van der Waals surface area contributed by atoms with E-state index in [1.54, 1.807) is 0 Å². The first-order valence-electron chi connectivity index (χ1n) is 8.30. The quantitative estimate of drug-likeness (QED) is 0.393. The molecule has 3 N–H and O–H groups in total. The van der Waals surface area contributed by atoms with Crippen LogP contribution in [0.5, 0.6) is 11.5 Å². The number of benzene rings is 1. The van der Waals surface area contributed by atoms with Gasteiger partial charge in [-0.05, 0) is 31.2 Å². The predicted molar refractivity (Wildman–Crippen MR) is 114 cm³/mol. The van der Waals surface area contributed by atoms with Gasteiger partial charge in [0.1, 0.15) is 0 Å². The van der Waals surface area contributed by atoms with Crippen molar-refractivity contribution in [3.8, 4) is 11.5 Å². The minimum absolute atomic E-state index is 0. The van der Waals surface area contributed by atoms with Crippen molar-refractivity contribution < 1.29 is 14.2 Å². The second-order valence-corrected chi connectivity index (χ2v) is 7.31. The van der Waals surface area contributed by atoms with Gasteiger partial charge >= 0.3 is 0 Å². The second kappa shape index (κ2) is 9.72. The molecule has 0 aliphatic carbocycles. The van der Waals surface area contributed by atoms with E-state index in [1.807, 2.05) is 30.0 Å². The lowest BCUT2D eigenvalue weighted by atomic mass is 9.99. The molecule has 6 nitrogen and oxygen atoms in total. The fraction of sp³-hybridized carbons (Fsp3) is 0.588. The van der Waals surface area contributed by atoms with Crippen LogP contribution < -0.4 is 20.5 Å². The van der Waals surface area contributed by atoms with Crippen LogP contribution >= 0.6 is 35.7 Å². The van der Waals surface area contributed by atoms with Crippen molar-refractivity contribution in [3.05, 3.63) is 18.2 Å². The number of hydrogen-bond acceptors (Lipinski definition) is 5. The summed E-state index contributed by atoms with van der Waals surface area (Å²) in [5, 5.41) is 3.15. The molecule has 1 saturated heterocycles. The minimum atomic E-state index is 0. The van der Waals surface area contributed by atoms with Gasteiger partial charge in [0.2, 0.25) is 0 Å². The maximum Gasteiger partial charge on any atom is 0.193 e. The Labute approximate surface area is 170 Å². The zero-order valence-electron chi connectivity index (χ0n) is 14.5. The third kappa shape index (κ3) is 5.55. The molecule has 2 aliphatic rings. The lowest BCUT2D eigenvalue weighted by Gasteiger charge is -2.34. The van der Waals surface area contributed by atoms with E-state index in [0.29, 0.717) is 25.7 Å². The van der Waals surface area contributed by atoms with Gasteiger partial charge in [-0.3, -0.25) is 4.99 Å². The zero-order chi connectivity index (χ0) is 16.8. The van der Waals surface area contributed by atoms with Gasteiger partial charge in [0.25, 0.3) is 0 Å². The topological polar surface area (TPSA) is 78.1 Å². The molecule has 1 aromatic carbocycles. The molecule has 0 amide bonds. The highest BCUT2D eigenvalue weighted by atomic mass is 127. The van der Waals surface area contributed by atoms with Crippen molar-refractivity contribution in [1.29, 1.82) is 0 Å². The Morgan fingerprint density at radius 2 is 1.92 bits per heavy atom. The summed E-state index contributed by atoms with van der Waals surface area (Å²) < 4.78 is 16.9. The number of rotatable bonds is 4. The summed E-state index contributed by atoms with van der Waals surface area (Å²) in [7, 11) is 0. The lowest BCUT2D eigenvalue weighted by molar-refractivity contribution is 0.0794. The number of hydrogen-bond donors (Lipinski definition) is 2. The number of ether oxygens (including phenoxy) is 3. The van der Waals surface area contributed by atoms with Crippen molar-refractivity contribution in [2.24, 2.45) is 10.7 Å². The standard InChI is InChI=1S/C17H25N3O3S.HI/c1-24-17(5-9-21-10-6-17)12-19-16(18)20-13-3-4-14-15(11-13)23-8-2-7-22-14;/h3-4,11H,2,5-10,12H2,1H3,(H3,18,19,20);1H. The summed E-state index contributed by atoms with van der Waals surface area (Å²) in [5.74, 6) is 1.94. The van der Waals surface area contributed by atoms with Crippen LogP contribution in [0.1, 0.15) is 19.3 Å². The van der Waals surface area contributed by atoms with Crippen molar-refractivity contribution >= 4 is 47.4 Å². The fourth-order valence-corrected chi connectivity index (χ4v) is 3.60.